The van der Waals surface area contributed by atoms with Crippen molar-refractivity contribution < 1.29 is 4.39 Å². The number of imidazole rings is 1. The Labute approximate surface area is 132 Å². The monoisotopic (exact) mass is 373 g/mol. The van der Waals surface area contributed by atoms with E-state index in [4.69, 9.17) is 28.9 Å². The van der Waals surface area contributed by atoms with Crippen LogP contribution in [0.1, 0.15) is 0 Å². The van der Waals surface area contributed by atoms with Crippen LogP contribution >= 0.6 is 39.1 Å². The van der Waals surface area contributed by atoms with Crippen LogP contribution in [0.25, 0.3) is 16.7 Å². The maximum absolute atomic E-state index is 13.7. The van der Waals surface area contributed by atoms with E-state index in [0.29, 0.717) is 21.7 Å². The molecule has 0 radical (unpaired) electrons. The van der Waals surface area contributed by atoms with Gasteiger partial charge in [0.05, 0.1) is 26.8 Å². The van der Waals surface area contributed by atoms with Crippen molar-refractivity contribution >= 4 is 56.1 Å². The zero-order chi connectivity index (χ0) is 14.4. The van der Waals surface area contributed by atoms with Crippen LogP contribution in [0.4, 0.5) is 10.3 Å². The first-order valence-corrected chi connectivity index (χ1v) is 7.10. The third kappa shape index (κ3) is 2.16. The van der Waals surface area contributed by atoms with Gasteiger partial charge in [0.15, 0.2) is 0 Å². The van der Waals surface area contributed by atoms with E-state index < -0.39 is 5.82 Å². The van der Waals surface area contributed by atoms with E-state index in [9.17, 15) is 4.39 Å². The van der Waals surface area contributed by atoms with E-state index in [1.54, 1.807) is 16.7 Å². The number of benzene rings is 2. The summed E-state index contributed by atoms with van der Waals surface area (Å²) < 4.78 is 16.1. The molecule has 0 saturated carbocycles. The largest absolute Gasteiger partial charge is 0.369 e. The summed E-state index contributed by atoms with van der Waals surface area (Å²) in [4.78, 5) is 4.17. The molecule has 20 heavy (non-hydrogen) atoms. The summed E-state index contributed by atoms with van der Waals surface area (Å²) in [6.45, 7) is 0. The molecule has 0 unspecified atom stereocenters. The zero-order valence-electron chi connectivity index (χ0n) is 9.87. The lowest BCUT2D eigenvalue weighted by Crippen LogP contribution is -2.01. The fourth-order valence-corrected chi connectivity index (χ4v) is 2.92. The summed E-state index contributed by atoms with van der Waals surface area (Å²) in [6.07, 6.45) is 0. The molecule has 0 aliphatic carbocycles. The fourth-order valence-electron chi connectivity index (χ4n) is 2.01. The highest BCUT2D eigenvalue weighted by Gasteiger charge is 2.15. The van der Waals surface area contributed by atoms with Crippen LogP contribution in [-0.2, 0) is 0 Å². The van der Waals surface area contributed by atoms with Gasteiger partial charge in [0.1, 0.15) is 5.82 Å². The van der Waals surface area contributed by atoms with Crippen LogP contribution in [0.2, 0.25) is 10.0 Å². The highest BCUT2D eigenvalue weighted by molar-refractivity contribution is 9.10. The van der Waals surface area contributed by atoms with Gasteiger partial charge >= 0.3 is 0 Å². The number of aromatic nitrogens is 2. The van der Waals surface area contributed by atoms with Crippen molar-refractivity contribution in [2.45, 2.75) is 0 Å². The predicted octanol–water partition coefficient (Wildman–Crippen LogP) is 4.82. The van der Waals surface area contributed by atoms with Crippen LogP contribution in [-0.4, -0.2) is 9.55 Å². The van der Waals surface area contributed by atoms with Crippen molar-refractivity contribution in [1.29, 1.82) is 0 Å². The smallest absolute Gasteiger partial charge is 0.205 e. The van der Waals surface area contributed by atoms with Crippen molar-refractivity contribution in [3.8, 4) is 5.69 Å². The molecule has 0 spiro atoms. The average molecular weight is 375 g/mol. The van der Waals surface area contributed by atoms with Crippen molar-refractivity contribution in [2.24, 2.45) is 0 Å². The van der Waals surface area contributed by atoms with Gasteiger partial charge in [0.2, 0.25) is 5.95 Å². The van der Waals surface area contributed by atoms with Crippen molar-refractivity contribution in [1.82, 2.24) is 9.55 Å². The van der Waals surface area contributed by atoms with Crippen LogP contribution in [0.15, 0.2) is 34.8 Å². The molecule has 2 N–H and O–H groups in total. The Kier molecular flexibility index (Phi) is 3.36. The molecule has 1 heterocycles. The first kappa shape index (κ1) is 13.7. The van der Waals surface area contributed by atoms with Crippen LogP contribution in [0.3, 0.4) is 0 Å². The molecule has 3 aromatic rings. The molecule has 0 aliphatic rings. The lowest BCUT2D eigenvalue weighted by atomic mass is 10.2. The maximum atomic E-state index is 13.7. The molecule has 3 rings (SSSR count). The van der Waals surface area contributed by atoms with Crippen LogP contribution < -0.4 is 5.73 Å². The molecule has 0 fully saturated rings. The van der Waals surface area contributed by atoms with Gasteiger partial charge in [-0.1, -0.05) is 39.1 Å². The molecular weight excluding hydrogens is 368 g/mol. The van der Waals surface area contributed by atoms with E-state index >= 15 is 0 Å². The Balaban J connectivity index is 2.35. The zero-order valence-corrected chi connectivity index (χ0v) is 13.0. The lowest BCUT2D eigenvalue weighted by molar-refractivity contribution is 0.629. The SMILES string of the molecule is Nc1nc2cc(Cl)c(F)cc2n1-c1ccc(Br)cc1Cl. The Bertz CT molecular complexity index is 832. The van der Waals surface area contributed by atoms with Gasteiger partial charge in [-0.2, -0.15) is 0 Å². The van der Waals surface area contributed by atoms with Crippen molar-refractivity contribution in [3.05, 3.63) is 50.7 Å². The minimum atomic E-state index is -0.534. The number of nitrogen functional groups attached to an aromatic ring is 1. The Hall–Kier alpha value is -1.30. The van der Waals surface area contributed by atoms with Gasteiger partial charge < -0.3 is 5.73 Å². The number of rotatable bonds is 1. The minimum Gasteiger partial charge on any atom is -0.369 e. The first-order chi connectivity index (χ1) is 9.47. The van der Waals surface area contributed by atoms with E-state index in [-0.39, 0.29) is 11.0 Å². The van der Waals surface area contributed by atoms with Gasteiger partial charge in [-0.05, 0) is 24.3 Å². The summed E-state index contributed by atoms with van der Waals surface area (Å²) in [5.74, 6) is -0.320. The summed E-state index contributed by atoms with van der Waals surface area (Å²) in [6, 6.07) is 8.05. The van der Waals surface area contributed by atoms with Crippen LogP contribution in [0, 0.1) is 5.82 Å². The topological polar surface area (TPSA) is 43.8 Å². The van der Waals surface area contributed by atoms with E-state index in [2.05, 4.69) is 20.9 Å². The molecule has 0 aliphatic heterocycles. The molecule has 3 nitrogen and oxygen atoms in total. The maximum Gasteiger partial charge on any atom is 0.205 e. The number of hydrogen-bond donors (Lipinski definition) is 1. The number of anilines is 1. The highest BCUT2D eigenvalue weighted by atomic mass is 79.9. The first-order valence-electron chi connectivity index (χ1n) is 5.56. The van der Waals surface area contributed by atoms with Gasteiger partial charge in [-0.25, -0.2) is 9.37 Å². The Morgan fingerprint density at radius 2 is 1.90 bits per heavy atom. The van der Waals surface area contributed by atoms with Gasteiger partial charge in [0, 0.05) is 10.5 Å². The second kappa shape index (κ2) is 4.91. The quantitative estimate of drug-likeness (QED) is 0.663. The van der Waals surface area contributed by atoms with E-state index in [0.717, 1.165) is 4.47 Å². The number of fused-ring (bicyclic) bond motifs is 1. The molecule has 0 saturated heterocycles. The molecule has 102 valence electrons. The molecular formula is C13H7BrCl2FN3. The Morgan fingerprint density at radius 3 is 2.60 bits per heavy atom. The second-order valence-corrected chi connectivity index (χ2v) is 5.89. The van der Waals surface area contributed by atoms with E-state index in [1.807, 2.05) is 6.07 Å². The molecule has 2 aromatic carbocycles. The van der Waals surface area contributed by atoms with Gasteiger partial charge in [0.25, 0.3) is 0 Å². The molecule has 0 amide bonds. The minimum absolute atomic E-state index is 0.00375. The lowest BCUT2D eigenvalue weighted by Gasteiger charge is -2.09. The molecule has 1 aromatic heterocycles. The van der Waals surface area contributed by atoms with Crippen molar-refractivity contribution in [3.63, 3.8) is 0 Å². The molecule has 0 bridgehead atoms. The number of hydrogen-bond acceptors (Lipinski definition) is 2. The number of nitrogens with two attached hydrogens (primary N) is 1. The van der Waals surface area contributed by atoms with E-state index in [1.165, 1.54) is 12.1 Å². The second-order valence-electron chi connectivity index (χ2n) is 4.16. The van der Waals surface area contributed by atoms with Gasteiger partial charge in [-0.15, -0.1) is 0 Å². The Morgan fingerprint density at radius 1 is 1.15 bits per heavy atom. The number of halogens is 4. The standard InChI is InChI=1S/C13H7BrCl2FN3/c14-6-1-2-11(8(16)3-6)20-12-5-9(17)7(15)4-10(12)19-13(20)18/h1-5H,(H2,18,19). The van der Waals surface area contributed by atoms with Crippen LogP contribution in [0.5, 0.6) is 0 Å². The average Bonchev–Trinajstić information content (AvgIpc) is 2.66. The summed E-state index contributed by atoms with van der Waals surface area (Å²) in [5.41, 5.74) is 7.55. The normalized spacial score (nSPS) is 11.2. The van der Waals surface area contributed by atoms with Crippen molar-refractivity contribution in [2.75, 3.05) is 5.73 Å². The summed E-state index contributed by atoms with van der Waals surface area (Å²) in [5, 5.41) is 0.477. The predicted molar refractivity (Wildman–Crippen MR) is 83.2 cm³/mol. The third-order valence-corrected chi connectivity index (χ3v) is 3.96. The fraction of sp³-hybridized carbons (Fsp3) is 0. The highest BCUT2D eigenvalue weighted by Crippen LogP contribution is 2.31. The third-order valence-electron chi connectivity index (χ3n) is 2.87. The van der Waals surface area contributed by atoms with Gasteiger partial charge in [-0.3, -0.25) is 4.57 Å². The molecule has 7 heteroatoms. The number of nitrogens with zero attached hydrogens (tertiary/aromatic N) is 2. The summed E-state index contributed by atoms with van der Waals surface area (Å²) >= 11 is 15.3. The summed E-state index contributed by atoms with van der Waals surface area (Å²) in [7, 11) is 0. The molecule has 0 atom stereocenters.